The molecule has 21 heavy (non-hydrogen) atoms. The molecule has 0 aliphatic carbocycles. The van der Waals surface area contributed by atoms with Gasteiger partial charge in [0.2, 0.25) is 0 Å². The van der Waals surface area contributed by atoms with Gasteiger partial charge in [0.1, 0.15) is 11.6 Å². The smallest absolute Gasteiger partial charge is 0.150 e. The quantitative estimate of drug-likeness (QED) is 0.732. The average molecular weight is 299 g/mol. The molecule has 4 nitrogen and oxygen atoms in total. The molecule has 2 aromatic heterocycles. The lowest BCUT2D eigenvalue weighted by Gasteiger charge is -2.13. The molecule has 0 aliphatic rings. The third kappa shape index (κ3) is 2.92. The highest BCUT2D eigenvalue weighted by Crippen LogP contribution is 2.27. The van der Waals surface area contributed by atoms with Crippen LogP contribution in [0.4, 0.5) is 5.69 Å². The highest BCUT2D eigenvalue weighted by molar-refractivity contribution is 7.13. The van der Waals surface area contributed by atoms with Crippen LogP contribution in [0.25, 0.3) is 10.7 Å². The molecule has 0 radical (unpaired) electrons. The first kappa shape index (κ1) is 13.7. The molecule has 0 amide bonds. The number of hydrogen-bond donors (Lipinski definition) is 1. The molecular formula is C16H17N3OS. The van der Waals surface area contributed by atoms with Gasteiger partial charge in [-0.15, -0.1) is 11.3 Å². The predicted octanol–water partition coefficient (Wildman–Crippen LogP) is 3.64. The van der Waals surface area contributed by atoms with Crippen LogP contribution in [0, 0.1) is 0 Å². The number of thiophene rings is 1. The third-order valence-electron chi connectivity index (χ3n) is 3.18. The Kier molecular flexibility index (Phi) is 3.92. The van der Waals surface area contributed by atoms with Crippen molar-refractivity contribution >= 4 is 17.0 Å². The summed E-state index contributed by atoms with van der Waals surface area (Å²) in [6.45, 7) is 3.31. The van der Waals surface area contributed by atoms with Gasteiger partial charge in [-0.2, -0.15) is 0 Å². The Hall–Kier alpha value is -2.27. The normalized spacial score (nSPS) is 10.7. The topological polar surface area (TPSA) is 53.1 Å². The molecule has 0 spiro atoms. The summed E-state index contributed by atoms with van der Waals surface area (Å²) >= 11 is 1.68. The molecule has 2 N–H and O–H groups in total. The van der Waals surface area contributed by atoms with E-state index >= 15 is 0 Å². The second kappa shape index (κ2) is 6.01. The molecule has 0 unspecified atom stereocenters. The summed E-state index contributed by atoms with van der Waals surface area (Å²) in [7, 11) is 0. The zero-order valence-electron chi connectivity index (χ0n) is 11.8. The van der Waals surface area contributed by atoms with Crippen LogP contribution in [0.3, 0.4) is 0 Å². The molecule has 0 fully saturated rings. The van der Waals surface area contributed by atoms with Crippen molar-refractivity contribution in [3.05, 3.63) is 53.7 Å². The van der Waals surface area contributed by atoms with Crippen LogP contribution in [-0.2, 0) is 6.54 Å². The number of ether oxygens (including phenoxy) is 1. The standard InChI is InChI=1S/C16H17N3OS/c1-2-20-14-6-5-13(17)10-12(14)11-19-8-7-18-16(19)15-4-3-9-21-15/h3-10H,2,11,17H2,1H3. The SMILES string of the molecule is CCOc1ccc(N)cc1Cn1ccnc1-c1cccs1. The molecule has 5 heteroatoms. The Balaban J connectivity index is 1.94. The first-order valence-electron chi connectivity index (χ1n) is 6.84. The first-order chi connectivity index (χ1) is 10.3. The van der Waals surface area contributed by atoms with Crippen LogP contribution in [0.5, 0.6) is 5.75 Å². The summed E-state index contributed by atoms with van der Waals surface area (Å²) in [6.07, 6.45) is 3.80. The summed E-state index contributed by atoms with van der Waals surface area (Å²) in [6, 6.07) is 9.86. The van der Waals surface area contributed by atoms with Crippen LogP contribution < -0.4 is 10.5 Å². The molecule has 3 rings (SSSR count). The fourth-order valence-electron chi connectivity index (χ4n) is 2.27. The second-order valence-corrected chi connectivity index (χ2v) is 5.60. The minimum atomic E-state index is 0.638. The largest absolute Gasteiger partial charge is 0.494 e. The van der Waals surface area contributed by atoms with Gasteiger partial charge in [-0.05, 0) is 36.6 Å². The summed E-state index contributed by atoms with van der Waals surface area (Å²) < 4.78 is 7.80. The number of nitrogen functional groups attached to an aromatic ring is 1. The van der Waals surface area contributed by atoms with Crippen molar-refractivity contribution in [2.45, 2.75) is 13.5 Å². The van der Waals surface area contributed by atoms with Gasteiger partial charge in [-0.1, -0.05) is 6.07 Å². The lowest BCUT2D eigenvalue weighted by Crippen LogP contribution is -2.04. The zero-order valence-corrected chi connectivity index (χ0v) is 12.6. The van der Waals surface area contributed by atoms with E-state index in [4.69, 9.17) is 10.5 Å². The molecule has 2 heterocycles. The average Bonchev–Trinajstić information content (AvgIpc) is 3.12. The van der Waals surface area contributed by atoms with E-state index in [0.717, 1.165) is 27.7 Å². The Labute approximate surface area is 127 Å². The maximum absolute atomic E-state index is 5.91. The van der Waals surface area contributed by atoms with Crippen molar-refractivity contribution in [1.82, 2.24) is 9.55 Å². The minimum absolute atomic E-state index is 0.638. The number of nitrogens with zero attached hydrogens (tertiary/aromatic N) is 2. The van der Waals surface area contributed by atoms with Gasteiger partial charge >= 0.3 is 0 Å². The van der Waals surface area contributed by atoms with E-state index in [2.05, 4.69) is 21.0 Å². The monoisotopic (exact) mass is 299 g/mol. The van der Waals surface area contributed by atoms with Gasteiger partial charge in [0.05, 0.1) is 18.0 Å². The molecule has 3 aromatic rings. The fourth-order valence-corrected chi connectivity index (χ4v) is 3.01. The van der Waals surface area contributed by atoms with Crippen molar-refractivity contribution in [1.29, 1.82) is 0 Å². The fraction of sp³-hybridized carbons (Fsp3) is 0.188. The Bertz CT molecular complexity index is 719. The van der Waals surface area contributed by atoms with E-state index in [-0.39, 0.29) is 0 Å². The maximum atomic E-state index is 5.91. The predicted molar refractivity (Wildman–Crippen MR) is 86.7 cm³/mol. The lowest BCUT2D eigenvalue weighted by molar-refractivity contribution is 0.336. The molecule has 0 aliphatic heterocycles. The van der Waals surface area contributed by atoms with E-state index in [9.17, 15) is 0 Å². The van der Waals surface area contributed by atoms with E-state index in [1.54, 1.807) is 11.3 Å². The third-order valence-corrected chi connectivity index (χ3v) is 4.05. The molecule has 1 aromatic carbocycles. The number of benzene rings is 1. The molecule has 0 saturated heterocycles. The number of anilines is 1. The van der Waals surface area contributed by atoms with Gasteiger partial charge in [0, 0.05) is 23.6 Å². The number of rotatable bonds is 5. The zero-order chi connectivity index (χ0) is 14.7. The van der Waals surface area contributed by atoms with E-state index in [0.29, 0.717) is 13.2 Å². The number of nitrogens with two attached hydrogens (primary N) is 1. The van der Waals surface area contributed by atoms with Crippen molar-refractivity contribution in [2.24, 2.45) is 0 Å². The van der Waals surface area contributed by atoms with Crippen molar-refractivity contribution in [2.75, 3.05) is 12.3 Å². The number of aromatic nitrogens is 2. The molecule has 0 bridgehead atoms. The van der Waals surface area contributed by atoms with Crippen LogP contribution in [0.1, 0.15) is 12.5 Å². The second-order valence-electron chi connectivity index (χ2n) is 4.66. The minimum Gasteiger partial charge on any atom is -0.494 e. The van der Waals surface area contributed by atoms with E-state index < -0.39 is 0 Å². The van der Waals surface area contributed by atoms with Crippen LogP contribution in [0.15, 0.2) is 48.1 Å². The summed E-state index contributed by atoms with van der Waals surface area (Å²) in [5.41, 5.74) is 7.71. The molecule has 108 valence electrons. The number of hydrogen-bond acceptors (Lipinski definition) is 4. The van der Waals surface area contributed by atoms with Gasteiger partial charge in [0.25, 0.3) is 0 Å². The number of imidazole rings is 1. The molecule has 0 atom stereocenters. The van der Waals surface area contributed by atoms with Gasteiger partial charge < -0.3 is 15.0 Å². The van der Waals surface area contributed by atoms with Gasteiger partial charge in [-0.3, -0.25) is 0 Å². The summed E-state index contributed by atoms with van der Waals surface area (Å²) in [4.78, 5) is 5.61. The highest BCUT2D eigenvalue weighted by Gasteiger charge is 2.10. The van der Waals surface area contributed by atoms with Gasteiger partial charge in [-0.25, -0.2) is 4.98 Å². The van der Waals surface area contributed by atoms with E-state index in [1.807, 2.05) is 43.6 Å². The first-order valence-corrected chi connectivity index (χ1v) is 7.72. The van der Waals surface area contributed by atoms with Crippen LogP contribution in [-0.4, -0.2) is 16.2 Å². The van der Waals surface area contributed by atoms with E-state index in [1.165, 1.54) is 0 Å². The Morgan fingerprint density at radius 3 is 3.00 bits per heavy atom. The maximum Gasteiger partial charge on any atom is 0.150 e. The Morgan fingerprint density at radius 1 is 1.33 bits per heavy atom. The molecule has 0 saturated carbocycles. The summed E-state index contributed by atoms with van der Waals surface area (Å²) in [5.74, 6) is 1.84. The van der Waals surface area contributed by atoms with Crippen molar-refractivity contribution in [3.63, 3.8) is 0 Å². The summed E-state index contributed by atoms with van der Waals surface area (Å²) in [5, 5.41) is 2.06. The highest BCUT2D eigenvalue weighted by atomic mass is 32.1. The van der Waals surface area contributed by atoms with Crippen LogP contribution >= 0.6 is 11.3 Å². The Morgan fingerprint density at radius 2 is 2.24 bits per heavy atom. The van der Waals surface area contributed by atoms with Gasteiger partial charge in [0.15, 0.2) is 0 Å². The van der Waals surface area contributed by atoms with Crippen molar-refractivity contribution in [3.8, 4) is 16.5 Å². The molecular weight excluding hydrogens is 282 g/mol. The van der Waals surface area contributed by atoms with Crippen molar-refractivity contribution < 1.29 is 4.74 Å². The lowest BCUT2D eigenvalue weighted by atomic mass is 10.1. The van der Waals surface area contributed by atoms with Crippen LogP contribution in [0.2, 0.25) is 0 Å².